The minimum atomic E-state index is -0.268. The average molecular weight is 296 g/mol. The number of hydrogen-bond donors (Lipinski definition) is 2. The van der Waals surface area contributed by atoms with E-state index in [9.17, 15) is 4.79 Å². The molecule has 0 spiro atoms. The summed E-state index contributed by atoms with van der Waals surface area (Å²) in [5.41, 5.74) is 4.32. The van der Waals surface area contributed by atoms with Crippen molar-refractivity contribution < 1.29 is 4.79 Å². The van der Waals surface area contributed by atoms with Crippen molar-refractivity contribution in [2.24, 2.45) is 0 Å². The Labute approximate surface area is 132 Å². The fourth-order valence-corrected chi connectivity index (χ4v) is 2.48. The average Bonchev–Trinajstić information content (AvgIpc) is 2.50. The zero-order valence-electron chi connectivity index (χ0n) is 13.7. The lowest BCUT2D eigenvalue weighted by Gasteiger charge is -2.20. The van der Waals surface area contributed by atoms with Crippen LogP contribution in [0, 0.1) is 13.8 Å². The Balaban J connectivity index is 1.97. The molecule has 3 nitrogen and oxygen atoms in total. The molecule has 0 aliphatic rings. The SMILES string of the molecule is Cc1ccc(NC(=O)[C@H](C)N[C@@H](C)c2ccccc2)c(C)c1. The van der Waals surface area contributed by atoms with E-state index in [1.165, 1.54) is 11.1 Å². The van der Waals surface area contributed by atoms with E-state index in [4.69, 9.17) is 0 Å². The van der Waals surface area contributed by atoms with Gasteiger partial charge in [0.25, 0.3) is 0 Å². The first-order valence-corrected chi connectivity index (χ1v) is 7.66. The molecule has 2 N–H and O–H groups in total. The highest BCUT2D eigenvalue weighted by Gasteiger charge is 2.16. The number of carbonyl (C=O) groups is 1. The van der Waals surface area contributed by atoms with Crippen molar-refractivity contribution in [3.8, 4) is 0 Å². The van der Waals surface area contributed by atoms with Crippen LogP contribution in [0.5, 0.6) is 0 Å². The van der Waals surface area contributed by atoms with Gasteiger partial charge in [0.15, 0.2) is 0 Å². The molecular weight excluding hydrogens is 272 g/mol. The molecule has 0 heterocycles. The Morgan fingerprint density at radius 1 is 1.00 bits per heavy atom. The van der Waals surface area contributed by atoms with Gasteiger partial charge < -0.3 is 5.32 Å². The molecule has 2 aromatic rings. The van der Waals surface area contributed by atoms with Crippen molar-refractivity contribution in [1.29, 1.82) is 0 Å². The summed E-state index contributed by atoms with van der Waals surface area (Å²) < 4.78 is 0. The summed E-state index contributed by atoms with van der Waals surface area (Å²) in [7, 11) is 0. The van der Waals surface area contributed by atoms with Gasteiger partial charge in [0, 0.05) is 11.7 Å². The van der Waals surface area contributed by atoms with Crippen molar-refractivity contribution in [2.45, 2.75) is 39.8 Å². The van der Waals surface area contributed by atoms with Crippen LogP contribution in [-0.4, -0.2) is 11.9 Å². The molecule has 116 valence electrons. The highest BCUT2D eigenvalue weighted by molar-refractivity contribution is 5.95. The molecule has 2 atom stereocenters. The van der Waals surface area contributed by atoms with Gasteiger partial charge in [-0.05, 0) is 44.9 Å². The number of aryl methyl sites for hydroxylation is 2. The zero-order valence-corrected chi connectivity index (χ0v) is 13.7. The Morgan fingerprint density at radius 2 is 1.68 bits per heavy atom. The normalized spacial score (nSPS) is 13.5. The number of benzene rings is 2. The summed E-state index contributed by atoms with van der Waals surface area (Å²) in [4.78, 5) is 12.3. The van der Waals surface area contributed by atoms with E-state index in [2.05, 4.69) is 35.8 Å². The van der Waals surface area contributed by atoms with Gasteiger partial charge in [0.05, 0.1) is 6.04 Å². The Morgan fingerprint density at radius 3 is 2.32 bits per heavy atom. The van der Waals surface area contributed by atoms with Crippen LogP contribution in [-0.2, 0) is 4.79 Å². The fraction of sp³-hybridized carbons (Fsp3) is 0.316. The zero-order chi connectivity index (χ0) is 16.1. The van der Waals surface area contributed by atoms with Crippen LogP contribution in [0.4, 0.5) is 5.69 Å². The molecule has 0 radical (unpaired) electrons. The predicted molar refractivity (Wildman–Crippen MR) is 92.0 cm³/mol. The molecule has 0 bridgehead atoms. The summed E-state index contributed by atoms with van der Waals surface area (Å²) in [6.07, 6.45) is 0. The summed E-state index contributed by atoms with van der Waals surface area (Å²) >= 11 is 0. The minimum absolute atomic E-state index is 0.0188. The number of rotatable bonds is 5. The third kappa shape index (κ3) is 4.18. The third-order valence-corrected chi connectivity index (χ3v) is 3.83. The van der Waals surface area contributed by atoms with Gasteiger partial charge in [-0.2, -0.15) is 0 Å². The molecule has 0 unspecified atom stereocenters. The van der Waals surface area contributed by atoms with Gasteiger partial charge in [-0.3, -0.25) is 10.1 Å². The molecule has 0 aliphatic heterocycles. The molecule has 0 saturated heterocycles. The molecule has 22 heavy (non-hydrogen) atoms. The number of nitrogens with one attached hydrogen (secondary N) is 2. The van der Waals surface area contributed by atoms with E-state index in [0.717, 1.165) is 11.3 Å². The largest absolute Gasteiger partial charge is 0.324 e. The van der Waals surface area contributed by atoms with Crippen LogP contribution < -0.4 is 10.6 Å². The molecule has 0 saturated carbocycles. The molecule has 2 aromatic carbocycles. The topological polar surface area (TPSA) is 41.1 Å². The second kappa shape index (κ2) is 7.23. The minimum Gasteiger partial charge on any atom is -0.324 e. The van der Waals surface area contributed by atoms with Gasteiger partial charge in [0.1, 0.15) is 0 Å². The van der Waals surface area contributed by atoms with Crippen molar-refractivity contribution >= 4 is 11.6 Å². The van der Waals surface area contributed by atoms with Gasteiger partial charge in [-0.1, -0.05) is 48.0 Å². The number of anilines is 1. The molecule has 0 aliphatic carbocycles. The second-order valence-corrected chi connectivity index (χ2v) is 5.83. The monoisotopic (exact) mass is 296 g/mol. The molecule has 2 rings (SSSR count). The lowest BCUT2D eigenvalue weighted by atomic mass is 10.1. The molecule has 0 fully saturated rings. The summed E-state index contributed by atoms with van der Waals surface area (Å²) in [6, 6.07) is 16.0. The van der Waals surface area contributed by atoms with Crippen LogP contribution in [0.2, 0.25) is 0 Å². The maximum Gasteiger partial charge on any atom is 0.241 e. The van der Waals surface area contributed by atoms with Gasteiger partial charge >= 0.3 is 0 Å². The van der Waals surface area contributed by atoms with E-state index >= 15 is 0 Å². The first-order chi connectivity index (χ1) is 10.5. The van der Waals surface area contributed by atoms with Crippen molar-refractivity contribution in [1.82, 2.24) is 5.32 Å². The molecule has 1 amide bonds. The number of amides is 1. The highest BCUT2D eigenvalue weighted by Crippen LogP contribution is 2.17. The van der Waals surface area contributed by atoms with Gasteiger partial charge in [-0.15, -0.1) is 0 Å². The Bertz CT molecular complexity index is 637. The first kappa shape index (κ1) is 16.2. The maximum atomic E-state index is 12.3. The van der Waals surface area contributed by atoms with Crippen molar-refractivity contribution in [2.75, 3.05) is 5.32 Å². The standard InChI is InChI=1S/C19H24N2O/c1-13-10-11-18(14(2)12-13)21-19(22)16(4)20-15(3)17-8-6-5-7-9-17/h5-12,15-16,20H,1-4H3,(H,21,22)/t15-,16-/m0/s1. The van der Waals surface area contributed by atoms with E-state index in [0.29, 0.717) is 0 Å². The fourth-order valence-electron chi connectivity index (χ4n) is 2.48. The maximum absolute atomic E-state index is 12.3. The lowest BCUT2D eigenvalue weighted by Crippen LogP contribution is -2.39. The molecule has 3 heteroatoms. The smallest absolute Gasteiger partial charge is 0.241 e. The van der Waals surface area contributed by atoms with Crippen LogP contribution in [0.3, 0.4) is 0 Å². The Kier molecular flexibility index (Phi) is 5.34. The lowest BCUT2D eigenvalue weighted by molar-refractivity contribution is -0.117. The summed E-state index contributed by atoms with van der Waals surface area (Å²) in [5, 5.41) is 6.33. The molecular formula is C19H24N2O. The van der Waals surface area contributed by atoms with E-state index < -0.39 is 0 Å². The van der Waals surface area contributed by atoms with Crippen molar-refractivity contribution in [3.63, 3.8) is 0 Å². The second-order valence-electron chi connectivity index (χ2n) is 5.83. The van der Waals surface area contributed by atoms with Gasteiger partial charge in [0.2, 0.25) is 5.91 Å². The number of carbonyl (C=O) groups excluding carboxylic acids is 1. The van der Waals surface area contributed by atoms with Crippen LogP contribution in [0.15, 0.2) is 48.5 Å². The van der Waals surface area contributed by atoms with Crippen LogP contribution >= 0.6 is 0 Å². The number of hydrogen-bond acceptors (Lipinski definition) is 2. The molecule has 0 aromatic heterocycles. The van der Waals surface area contributed by atoms with E-state index in [-0.39, 0.29) is 18.0 Å². The van der Waals surface area contributed by atoms with Crippen LogP contribution in [0.25, 0.3) is 0 Å². The quantitative estimate of drug-likeness (QED) is 0.876. The van der Waals surface area contributed by atoms with Crippen molar-refractivity contribution in [3.05, 3.63) is 65.2 Å². The van der Waals surface area contributed by atoms with Gasteiger partial charge in [-0.25, -0.2) is 0 Å². The summed E-state index contributed by atoms with van der Waals surface area (Å²) in [5.74, 6) is -0.0188. The first-order valence-electron chi connectivity index (χ1n) is 7.66. The van der Waals surface area contributed by atoms with E-state index in [1.807, 2.05) is 51.1 Å². The summed E-state index contributed by atoms with van der Waals surface area (Å²) in [6.45, 7) is 8.01. The van der Waals surface area contributed by atoms with E-state index in [1.54, 1.807) is 0 Å². The Hall–Kier alpha value is -2.13. The predicted octanol–water partition coefficient (Wildman–Crippen LogP) is 3.98. The highest BCUT2D eigenvalue weighted by atomic mass is 16.2. The van der Waals surface area contributed by atoms with Crippen LogP contribution in [0.1, 0.15) is 36.6 Å². The third-order valence-electron chi connectivity index (χ3n) is 3.83.